The minimum atomic E-state index is -0.0346. The molecule has 0 bridgehead atoms. The third-order valence-electron chi connectivity index (χ3n) is 2.81. The van der Waals surface area contributed by atoms with E-state index in [0.717, 1.165) is 12.8 Å². The maximum atomic E-state index is 11.4. The number of fused-ring (bicyclic) bond motifs is 1. The fraction of sp³-hybridized carbons (Fsp3) is 0.600. The summed E-state index contributed by atoms with van der Waals surface area (Å²) in [5, 5.41) is 3.11. The van der Waals surface area contributed by atoms with Crippen molar-refractivity contribution in [2.45, 2.75) is 32.2 Å². The van der Waals surface area contributed by atoms with E-state index < -0.39 is 0 Å². The number of ketones is 2. The number of rotatable bonds is 1. The minimum absolute atomic E-state index is 0.0298. The van der Waals surface area contributed by atoms with Crippen LogP contribution in [0.1, 0.15) is 26.2 Å². The molecule has 13 heavy (non-hydrogen) atoms. The van der Waals surface area contributed by atoms with Gasteiger partial charge in [0, 0.05) is 19.4 Å². The fourth-order valence-corrected chi connectivity index (χ4v) is 2.08. The zero-order valence-electron chi connectivity index (χ0n) is 7.67. The summed E-state index contributed by atoms with van der Waals surface area (Å²) < 4.78 is 0. The van der Waals surface area contributed by atoms with Crippen LogP contribution in [-0.2, 0) is 9.59 Å². The molecule has 2 unspecified atom stereocenters. The molecule has 0 aromatic rings. The van der Waals surface area contributed by atoms with Crippen molar-refractivity contribution in [3.63, 3.8) is 0 Å². The summed E-state index contributed by atoms with van der Waals surface area (Å²) in [7, 11) is 0. The summed E-state index contributed by atoms with van der Waals surface area (Å²) in [4.78, 5) is 22.5. The Morgan fingerprint density at radius 2 is 2.38 bits per heavy atom. The normalized spacial score (nSPS) is 32.1. The van der Waals surface area contributed by atoms with E-state index in [2.05, 4.69) is 5.32 Å². The van der Waals surface area contributed by atoms with Crippen molar-refractivity contribution in [3.8, 4) is 0 Å². The van der Waals surface area contributed by atoms with Gasteiger partial charge in [-0.2, -0.15) is 0 Å². The van der Waals surface area contributed by atoms with Crippen LogP contribution in [0.25, 0.3) is 0 Å². The second kappa shape index (κ2) is 2.98. The highest BCUT2D eigenvalue weighted by atomic mass is 16.1. The lowest BCUT2D eigenvalue weighted by Crippen LogP contribution is -2.36. The lowest BCUT2D eigenvalue weighted by atomic mass is 9.85. The summed E-state index contributed by atoms with van der Waals surface area (Å²) >= 11 is 0. The molecule has 0 amide bonds. The number of hydrogen-bond donors (Lipinski definition) is 1. The van der Waals surface area contributed by atoms with Crippen LogP contribution in [0, 0.1) is 5.92 Å². The van der Waals surface area contributed by atoms with Crippen molar-refractivity contribution in [3.05, 3.63) is 11.8 Å². The molecule has 1 N–H and O–H groups in total. The van der Waals surface area contributed by atoms with E-state index in [1.807, 2.05) is 0 Å². The monoisotopic (exact) mass is 179 g/mol. The Hall–Kier alpha value is -1.12. The maximum Gasteiger partial charge on any atom is 0.175 e. The predicted octanol–water partition coefficient (Wildman–Crippen LogP) is 0.800. The van der Waals surface area contributed by atoms with Crippen molar-refractivity contribution < 1.29 is 9.59 Å². The molecule has 70 valence electrons. The van der Waals surface area contributed by atoms with E-state index in [4.69, 9.17) is 0 Å². The van der Waals surface area contributed by atoms with Crippen LogP contribution in [0.3, 0.4) is 0 Å². The van der Waals surface area contributed by atoms with Crippen molar-refractivity contribution >= 4 is 11.6 Å². The number of carbonyl (C=O) groups is 2. The molecule has 1 fully saturated rings. The zero-order valence-corrected chi connectivity index (χ0v) is 7.67. The van der Waals surface area contributed by atoms with Gasteiger partial charge >= 0.3 is 0 Å². The fourth-order valence-electron chi connectivity index (χ4n) is 2.08. The number of carbonyl (C=O) groups excluding carboxylic acids is 2. The summed E-state index contributed by atoms with van der Waals surface area (Å²) in [6.07, 6.45) is 4.43. The Morgan fingerprint density at radius 1 is 1.62 bits per heavy atom. The molecule has 2 atom stereocenters. The molecule has 3 heteroatoms. The van der Waals surface area contributed by atoms with E-state index in [0.29, 0.717) is 12.1 Å². The molecule has 1 saturated carbocycles. The highest BCUT2D eigenvalue weighted by Crippen LogP contribution is 2.28. The van der Waals surface area contributed by atoms with Gasteiger partial charge in [0.15, 0.2) is 5.78 Å². The molecular formula is C10H13NO2. The first-order valence-electron chi connectivity index (χ1n) is 4.70. The van der Waals surface area contributed by atoms with Crippen LogP contribution < -0.4 is 5.32 Å². The molecule has 0 saturated heterocycles. The molecular weight excluding hydrogens is 166 g/mol. The van der Waals surface area contributed by atoms with Gasteiger partial charge in [0.1, 0.15) is 5.78 Å². The Labute approximate surface area is 77.2 Å². The molecule has 1 heterocycles. The number of Topliss-reactive ketones (excluding diaryl/α,β-unsaturated/α-hetero) is 2. The van der Waals surface area contributed by atoms with Gasteiger partial charge in [-0.1, -0.05) is 0 Å². The largest absolute Gasteiger partial charge is 0.379 e. The predicted molar refractivity (Wildman–Crippen MR) is 48.0 cm³/mol. The SMILES string of the molecule is CC(=O)C1=CC2C(=O)CCCC2N1. The van der Waals surface area contributed by atoms with Gasteiger partial charge < -0.3 is 5.32 Å². The van der Waals surface area contributed by atoms with Gasteiger partial charge in [-0.15, -0.1) is 0 Å². The molecule has 3 nitrogen and oxygen atoms in total. The van der Waals surface area contributed by atoms with Crippen LogP contribution in [0.2, 0.25) is 0 Å². The van der Waals surface area contributed by atoms with Crippen molar-refractivity contribution in [2.75, 3.05) is 0 Å². The number of allylic oxidation sites excluding steroid dienone is 1. The van der Waals surface area contributed by atoms with Crippen LogP contribution in [0.5, 0.6) is 0 Å². The van der Waals surface area contributed by atoms with Crippen molar-refractivity contribution in [1.29, 1.82) is 0 Å². The van der Waals surface area contributed by atoms with E-state index in [9.17, 15) is 9.59 Å². The third kappa shape index (κ3) is 1.39. The first-order chi connectivity index (χ1) is 6.18. The summed E-state index contributed by atoms with van der Waals surface area (Å²) in [5.41, 5.74) is 0.630. The van der Waals surface area contributed by atoms with Crippen LogP contribution in [0.15, 0.2) is 11.8 Å². The highest BCUT2D eigenvalue weighted by molar-refractivity contribution is 5.96. The molecule has 2 aliphatic rings. The molecule has 0 aromatic carbocycles. The zero-order chi connectivity index (χ0) is 9.42. The van der Waals surface area contributed by atoms with Gasteiger partial charge in [-0.25, -0.2) is 0 Å². The molecule has 0 aromatic heterocycles. The quantitative estimate of drug-likeness (QED) is 0.647. The Kier molecular flexibility index (Phi) is 1.94. The second-order valence-electron chi connectivity index (χ2n) is 3.77. The van der Waals surface area contributed by atoms with Gasteiger partial charge in [-0.3, -0.25) is 9.59 Å². The van der Waals surface area contributed by atoms with Gasteiger partial charge in [0.25, 0.3) is 0 Å². The van der Waals surface area contributed by atoms with E-state index in [1.54, 1.807) is 6.08 Å². The van der Waals surface area contributed by atoms with E-state index in [-0.39, 0.29) is 23.5 Å². The van der Waals surface area contributed by atoms with Crippen LogP contribution >= 0.6 is 0 Å². The van der Waals surface area contributed by atoms with Crippen molar-refractivity contribution in [2.24, 2.45) is 5.92 Å². The van der Waals surface area contributed by atoms with Gasteiger partial charge in [-0.05, 0) is 18.9 Å². The summed E-state index contributed by atoms with van der Waals surface area (Å²) in [6, 6.07) is 0.195. The van der Waals surface area contributed by atoms with Crippen LogP contribution in [0.4, 0.5) is 0 Å². The maximum absolute atomic E-state index is 11.4. The first-order valence-corrected chi connectivity index (χ1v) is 4.70. The van der Waals surface area contributed by atoms with Gasteiger partial charge in [0.2, 0.25) is 0 Å². The highest BCUT2D eigenvalue weighted by Gasteiger charge is 2.35. The van der Waals surface area contributed by atoms with Gasteiger partial charge in [0.05, 0.1) is 11.6 Å². The second-order valence-corrected chi connectivity index (χ2v) is 3.77. The lowest BCUT2D eigenvalue weighted by Gasteiger charge is -2.23. The Morgan fingerprint density at radius 3 is 3.00 bits per heavy atom. The Balaban J connectivity index is 2.19. The molecule has 2 rings (SSSR count). The Bertz CT molecular complexity index is 293. The average molecular weight is 179 g/mol. The van der Waals surface area contributed by atoms with Crippen molar-refractivity contribution in [1.82, 2.24) is 5.32 Å². The molecule has 0 radical (unpaired) electrons. The molecule has 1 aliphatic heterocycles. The number of nitrogens with one attached hydrogen (secondary N) is 1. The van der Waals surface area contributed by atoms with E-state index in [1.165, 1.54) is 6.92 Å². The average Bonchev–Trinajstić information content (AvgIpc) is 2.49. The lowest BCUT2D eigenvalue weighted by molar-refractivity contribution is -0.123. The summed E-state index contributed by atoms with van der Waals surface area (Å²) in [6.45, 7) is 1.53. The summed E-state index contributed by atoms with van der Waals surface area (Å²) in [5.74, 6) is 0.273. The molecule has 1 aliphatic carbocycles. The van der Waals surface area contributed by atoms with E-state index >= 15 is 0 Å². The standard InChI is InChI=1S/C10H13NO2/c1-6(12)9-5-7-8(11-9)3-2-4-10(7)13/h5,7-8,11H,2-4H2,1H3. The third-order valence-corrected chi connectivity index (χ3v) is 2.81. The van der Waals surface area contributed by atoms with Crippen LogP contribution in [-0.4, -0.2) is 17.6 Å². The smallest absolute Gasteiger partial charge is 0.175 e. The number of hydrogen-bond acceptors (Lipinski definition) is 3. The molecule has 0 spiro atoms. The first kappa shape index (κ1) is 8.48. The minimum Gasteiger partial charge on any atom is -0.379 e. The topological polar surface area (TPSA) is 46.2 Å².